The molecule has 3 nitrogen and oxygen atoms in total. The zero-order valence-electron chi connectivity index (χ0n) is 10.1. The van der Waals surface area contributed by atoms with E-state index in [2.05, 4.69) is 26.6 Å². The Bertz CT molecular complexity index is 404. The summed E-state index contributed by atoms with van der Waals surface area (Å²) in [4.78, 5) is 0. The molecule has 0 aliphatic rings. The molecule has 0 bridgehead atoms. The summed E-state index contributed by atoms with van der Waals surface area (Å²) in [6.07, 6.45) is 0.919. The largest absolute Gasteiger partial charge is 0.382 e. The number of halogens is 2. The third kappa shape index (κ3) is 6.00. The van der Waals surface area contributed by atoms with Crippen molar-refractivity contribution in [1.29, 1.82) is 0 Å². The number of anilines is 1. The Morgan fingerprint density at radius 2 is 2.28 bits per heavy atom. The molecule has 0 aromatic heterocycles. The second kappa shape index (κ2) is 8.69. The summed E-state index contributed by atoms with van der Waals surface area (Å²) in [6.45, 7) is 4.24. The van der Waals surface area contributed by atoms with Crippen LogP contribution in [0.3, 0.4) is 0 Å². The highest BCUT2D eigenvalue weighted by Crippen LogP contribution is 2.25. The van der Waals surface area contributed by atoms with Gasteiger partial charge in [0.25, 0.3) is 0 Å². The number of thiocarbonyl (C=S) groups is 1. The van der Waals surface area contributed by atoms with Crippen LogP contribution in [-0.4, -0.2) is 24.9 Å². The summed E-state index contributed by atoms with van der Waals surface area (Å²) in [5.74, 6) is 0. The van der Waals surface area contributed by atoms with Gasteiger partial charge in [-0.15, -0.1) is 0 Å². The van der Waals surface area contributed by atoms with Crippen LogP contribution in [0, 0.1) is 0 Å². The zero-order valence-corrected chi connectivity index (χ0v) is 13.3. The van der Waals surface area contributed by atoms with Crippen LogP contribution >= 0.6 is 39.7 Å². The third-order valence-corrected chi connectivity index (χ3v) is 3.20. The lowest BCUT2D eigenvalue weighted by atomic mass is 10.3. The van der Waals surface area contributed by atoms with Crippen LogP contribution in [0.2, 0.25) is 5.02 Å². The summed E-state index contributed by atoms with van der Waals surface area (Å²) in [6, 6.07) is 5.58. The highest BCUT2D eigenvalue weighted by atomic mass is 79.9. The van der Waals surface area contributed by atoms with Crippen molar-refractivity contribution in [3.8, 4) is 0 Å². The maximum atomic E-state index is 6.05. The lowest BCUT2D eigenvalue weighted by molar-refractivity contribution is 0.146. The van der Waals surface area contributed by atoms with Crippen molar-refractivity contribution >= 4 is 50.5 Å². The fourth-order valence-corrected chi connectivity index (χ4v) is 2.02. The summed E-state index contributed by atoms with van der Waals surface area (Å²) < 4.78 is 6.19. The third-order valence-electron chi connectivity index (χ3n) is 2.13. The Labute approximate surface area is 126 Å². The van der Waals surface area contributed by atoms with E-state index in [-0.39, 0.29) is 0 Å². The monoisotopic (exact) mass is 350 g/mol. The molecule has 0 fully saturated rings. The number of benzene rings is 1. The second-order valence-corrected chi connectivity index (χ2v) is 5.29. The van der Waals surface area contributed by atoms with E-state index >= 15 is 0 Å². The first-order valence-corrected chi connectivity index (χ1v) is 7.29. The van der Waals surface area contributed by atoms with Gasteiger partial charge in [-0.05, 0) is 43.8 Å². The van der Waals surface area contributed by atoms with E-state index in [1.807, 2.05) is 25.1 Å². The summed E-state index contributed by atoms with van der Waals surface area (Å²) in [5.41, 5.74) is 0.786. The number of hydrogen-bond donors (Lipinski definition) is 2. The number of ether oxygens (including phenoxy) is 1. The molecule has 1 aromatic carbocycles. The minimum atomic E-state index is 0.562. The van der Waals surface area contributed by atoms with E-state index < -0.39 is 0 Å². The van der Waals surface area contributed by atoms with Crippen LogP contribution in [0.5, 0.6) is 0 Å². The van der Waals surface area contributed by atoms with E-state index in [0.29, 0.717) is 10.1 Å². The van der Waals surface area contributed by atoms with Crippen molar-refractivity contribution in [2.75, 3.05) is 25.1 Å². The SMILES string of the molecule is CCOCCCNC(=S)Nc1cc(Br)ccc1Cl. The molecule has 6 heteroatoms. The fraction of sp³-hybridized carbons (Fsp3) is 0.417. The molecule has 0 saturated heterocycles. The lowest BCUT2D eigenvalue weighted by Gasteiger charge is -2.12. The van der Waals surface area contributed by atoms with Crippen LogP contribution in [-0.2, 0) is 4.74 Å². The molecule has 2 N–H and O–H groups in total. The molecule has 0 amide bonds. The van der Waals surface area contributed by atoms with Gasteiger partial charge in [0.2, 0.25) is 0 Å². The Morgan fingerprint density at radius 1 is 1.50 bits per heavy atom. The fourth-order valence-electron chi connectivity index (χ4n) is 1.28. The van der Waals surface area contributed by atoms with Crippen molar-refractivity contribution in [2.24, 2.45) is 0 Å². The Morgan fingerprint density at radius 3 is 3.00 bits per heavy atom. The van der Waals surface area contributed by atoms with Crippen LogP contribution in [0.1, 0.15) is 13.3 Å². The van der Waals surface area contributed by atoms with Crippen LogP contribution in [0.15, 0.2) is 22.7 Å². The van der Waals surface area contributed by atoms with Gasteiger partial charge < -0.3 is 15.4 Å². The van der Waals surface area contributed by atoms with Gasteiger partial charge in [-0.1, -0.05) is 27.5 Å². The van der Waals surface area contributed by atoms with Gasteiger partial charge >= 0.3 is 0 Å². The van der Waals surface area contributed by atoms with Gasteiger partial charge in [-0.25, -0.2) is 0 Å². The molecule has 0 aliphatic heterocycles. The minimum Gasteiger partial charge on any atom is -0.382 e. The Balaban J connectivity index is 2.33. The molecule has 0 atom stereocenters. The van der Waals surface area contributed by atoms with Gasteiger partial charge in [0, 0.05) is 24.2 Å². The normalized spacial score (nSPS) is 10.2. The Hall–Kier alpha value is -0.360. The molecular formula is C12H16BrClN2OS. The van der Waals surface area contributed by atoms with Gasteiger partial charge in [-0.3, -0.25) is 0 Å². The van der Waals surface area contributed by atoms with E-state index in [9.17, 15) is 0 Å². The predicted octanol–water partition coefficient (Wildman–Crippen LogP) is 3.82. The number of rotatable bonds is 6. The smallest absolute Gasteiger partial charge is 0.170 e. The molecule has 100 valence electrons. The topological polar surface area (TPSA) is 33.3 Å². The first kappa shape index (κ1) is 15.7. The number of nitrogens with one attached hydrogen (secondary N) is 2. The molecule has 0 heterocycles. The van der Waals surface area contributed by atoms with Crippen molar-refractivity contribution in [2.45, 2.75) is 13.3 Å². The maximum Gasteiger partial charge on any atom is 0.170 e. The summed E-state index contributed by atoms with van der Waals surface area (Å²) >= 11 is 14.6. The first-order valence-electron chi connectivity index (χ1n) is 5.71. The Kier molecular flexibility index (Phi) is 7.58. The highest BCUT2D eigenvalue weighted by molar-refractivity contribution is 9.10. The average Bonchev–Trinajstić information content (AvgIpc) is 2.33. The summed E-state index contributed by atoms with van der Waals surface area (Å²) in [5, 5.41) is 7.36. The lowest BCUT2D eigenvalue weighted by Crippen LogP contribution is -2.29. The van der Waals surface area contributed by atoms with Gasteiger partial charge in [-0.2, -0.15) is 0 Å². The molecule has 0 saturated carbocycles. The highest BCUT2D eigenvalue weighted by Gasteiger charge is 2.03. The van der Waals surface area contributed by atoms with Crippen molar-refractivity contribution in [3.63, 3.8) is 0 Å². The van der Waals surface area contributed by atoms with Crippen LogP contribution in [0.4, 0.5) is 5.69 Å². The number of hydrogen-bond acceptors (Lipinski definition) is 2. The van der Waals surface area contributed by atoms with E-state index in [1.165, 1.54) is 0 Å². The van der Waals surface area contributed by atoms with E-state index in [1.54, 1.807) is 0 Å². The standard InChI is InChI=1S/C12H16BrClN2OS/c1-2-17-7-3-6-15-12(18)16-11-8-9(13)4-5-10(11)14/h4-5,8H,2-3,6-7H2,1H3,(H2,15,16,18). The maximum absolute atomic E-state index is 6.05. The van der Waals surface area contributed by atoms with Crippen LogP contribution in [0.25, 0.3) is 0 Å². The quantitative estimate of drug-likeness (QED) is 0.603. The van der Waals surface area contributed by atoms with Crippen molar-refractivity contribution in [1.82, 2.24) is 5.32 Å². The predicted molar refractivity (Wildman–Crippen MR) is 84.5 cm³/mol. The van der Waals surface area contributed by atoms with Gasteiger partial charge in [0.1, 0.15) is 0 Å². The minimum absolute atomic E-state index is 0.562. The molecule has 0 unspecified atom stereocenters. The van der Waals surface area contributed by atoms with Gasteiger partial charge in [0.15, 0.2) is 5.11 Å². The molecule has 0 aliphatic carbocycles. The first-order chi connectivity index (χ1) is 8.63. The summed E-state index contributed by atoms with van der Waals surface area (Å²) in [7, 11) is 0. The van der Waals surface area contributed by atoms with E-state index in [0.717, 1.165) is 36.3 Å². The molecule has 0 radical (unpaired) electrons. The van der Waals surface area contributed by atoms with Crippen molar-refractivity contribution in [3.05, 3.63) is 27.7 Å². The molecular weight excluding hydrogens is 336 g/mol. The van der Waals surface area contributed by atoms with Crippen molar-refractivity contribution < 1.29 is 4.74 Å². The van der Waals surface area contributed by atoms with E-state index in [4.69, 9.17) is 28.6 Å². The average molecular weight is 352 g/mol. The second-order valence-electron chi connectivity index (χ2n) is 3.56. The molecule has 18 heavy (non-hydrogen) atoms. The molecule has 1 rings (SSSR count). The zero-order chi connectivity index (χ0) is 13.4. The van der Waals surface area contributed by atoms with Crippen LogP contribution < -0.4 is 10.6 Å². The molecule has 0 spiro atoms. The molecule has 1 aromatic rings. The van der Waals surface area contributed by atoms with Gasteiger partial charge in [0.05, 0.1) is 10.7 Å².